The third kappa shape index (κ3) is 7.57. The van der Waals surface area contributed by atoms with Gasteiger partial charge >= 0.3 is 6.18 Å². The van der Waals surface area contributed by atoms with Crippen LogP contribution in [0.2, 0.25) is 0 Å². The number of para-hydroxylation sites is 1. The van der Waals surface area contributed by atoms with Gasteiger partial charge in [0.1, 0.15) is 5.82 Å². The molecule has 10 nitrogen and oxygen atoms in total. The Kier molecular flexibility index (Phi) is 9.52. The molecule has 0 fully saturated rings. The number of sulfonamides is 1. The van der Waals surface area contributed by atoms with Gasteiger partial charge in [-0.25, -0.2) is 17.1 Å². The Morgan fingerprint density at radius 3 is 2.23 bits per heavy atom. The number of hydrogen-bond donors (Lipinski definition) is 2. The minimum absolute atomic E-state index is 0.0118. The van der Waals surface area contributed by atoms with Gasteiger partial charge in [0, 0.05) is 25.3 Å². The third-order valence-electron chi connectivity index (χ3n) is 5.93. The van der Waals surface area contributed by atoms with Crippen molar-refractivity contribution < 1.29 is 35.6 Å². The Bertz CT molecular complexity index is 1730. The lowest BCUT2D eigenvalue weighted by Gasteiger charge is -2.14. The summed E-state index contributed by atoms with van der Waals surface area (Å²) >= 11 is 0.873. The molecule has 2 amide bonds. The molecule has 0 unspecified atom stereocenters. The molecule has 1 aromatic heterocycles. The largest absolute Gasteiger partial charge is 0.418 e. The highest BCUT2D eigenvalue weighted by molar-refractivity contribution is 7.99. The normalized spacial score (nSPS) is 11.9. The van der Waals surface area contributed by atoms with Crippen LogP contribution in [0.15, 0.2) is 82.8 Å². The molecule has 226 valence electrons. The van der Waals surface area contributed by atoms with E-state index in [0.29, 0.717) is 5.69 Å². The summed E-state index contributed by atoms with van der Waals surface area (Å²) in [4.78, 5) is 25.3. The molecule has 0 bridgehead atoms. The summed E-state index contributed by atoms with van der Waals surface area (Å²) in [5.41, 5.74) is -0.804. The van der Waals surface area contributed by atoms with Crippen LogP contribution >= 0.6 is 11.8 Å². The molecule has 0 saturated carbocycles. The fraction of sp³-hybridized carbons (Fsp3) is 0.185. The Hall–Kier alpha value is -4.28. The first-order chi connectivity index (χ1) is 20.3. The zero-order chi connectivity index (χ0) is 31.4. The molecule has 0 atom stereocenters. The van der Waals surface area contributed by atoms with Gasteiger partial charge in [0.25, 0.3) is 5.91 Å². The maximum absolute atomic E-state index is 13.6. The number of hydrogen-bond acceptors (Lipinski definition) is 7. The van der Waals surface area contributed by atoms with Crippen molar-refractivity contribution in [3.8, 4) is 5.69 Å². The molecule has 16 heteroatoms. The van der Waals surface area contributed by atoms with Crippen LogP contribution in [0.5, 0.6) is 0 Å². The first kappa shape index (κ1) is 31.7. The van der Waals surface area contributed by atoms with Crippen LogP contribution in [0.3, 0.4) is 0 Å². The van der Waals surface area contributed by atoms with Gasteiger partial charge in [-0.15, -0.1) is 10.2 Å². The molecular weight excluding hydrogens is 612 g/mol. The van der Waals surface area contributed by atoms with Gasteiger partial charge in [0.15, 0.2) is 11.0 Å². The molecule has 0 aliphatic rings. The van der Waals surface area contributed by atoms with E-state index in [1.165, 1.54) is 79.3 Å². The monoisotopic (exact) mass is 636 g/mol. The minimum Gasteiger partial charge on any atom is -0.345 e. The lowest BCUT2D eigenvalue weighted by atomic mass is 10.1. The number of benzene rings is 3. The molecule has 2 N–H and O–H groups in total. The topological polar surface area (TPSA) is 126 Å². The van der Waals surface area contributed by atoms with Crippen LogP contribution in [-0.2, 0) is 27.5 Å². The van der Waals surface area contributed by atoms with Crippen molar-refractivity contribution in [2.45, 2.75) is 22.8 Å². The Labute approximate surface area is 248 Å². The molecular formula is C27H24F4N6O4S2. The van der Waals surface area contributed by atoms with Crippen molar-refractivity contribution in [2.24, 2.45) is 0 Å². The molecule has 4 aromatic rings. The molecule has 4 rings (SSSR count). The van der Waals surface area contributed by atoms with Gasteiger partial charge in [0.2, 0.25) is 15.9 Å². The Balaban J connectivity index is 1.50. The van der Waals surface area contributed by atoms with Crippen molar-refractivity contribution in [3.05, 3.63) is 95.6 Å². The van der Waals surface area contributed by atoms with E-state index in [9.17, 15) is 35.6 Å². The second kappa shape index (κ2) is 12.9. The fourth-order valence-electron chi connectivity index (χ4n) is 3.76. The number of carbonyl (C=O) groups is 2. The summed E-state index contributed by atoms with van der Waals surface area (Å²) < 4.78 is 80.6. The molecule has 0 saturated heterocycles. The molecule has 1 heterocycles. The van der Waals surface area contributed by atoms with E-state index in [1.54, 1.807) is 0 Å². The summed E-state index contributed by atoms with van der Waals surface area (Å²) in [6.07, 6.45) is -4.66. The number of alkyl halides is 3. The maximum Gasteiger partial charge on any atom is 0.418 e. The molecule has 0 spiro atoms. The zero-order valence-corrected chi connectivity index (χ0v) is 24.2. The lowest BCUT2D eigenvalue weighted by molar-refractivity contribution is -0.137. The predicted octanol–water partition coefficient (Wildman–Crippen LogP) is 4.34. The van der Waals surface area contributed by atoms with Crippen LogP contribution < -0.4 is 10.6 Å². The average Bonchev–Trinajstić information content (AvgIpc) is 3.37. The van der Waals surface area contributed by atoms with Crippen LogP contribution in [-0.4, -0.2) is 59.2 Å². The number of anilines is 1. The van der Waals surface area contributed by atoms with Gasteiger partial charge in [-0.05, 0) is 60.7 Å². The number of nitrogens with zero attached hydrogens (tertiary/aromatic N) is 4. The summed E-state index contributed by atoms with van der Waals surface area (Å²) in [5, 5.41) is 13.2. The molecule has 0 radical (unpaired) electrons. The van der Waals surface area contributed by atoms with Gasteiger partial charge in [-0.1, -0.05) is 23.9 Å². The van der Waals surface area contributed by atoms with E-state index in [4.69, 9.17) is 0 Å². The number of rotatable bonds is 10. The molecule has 0 aliphatic carbocycles. The van der Waals surface area contributed by atoms with Crippen molar-refractivity contribution in [1.82, 2.24) is 24.4 Å². The van der Waals surface area contributed by atoms with Crippen molar-refractivity contribution in [3.63, 3.8) is 0 Å². The first-order valence-electron chi connectivity index (χ1n) is 12.4. The van der Waals surface area contributed by atoms with Crippen molar-refractivity contribution >= 4 is 39.3 Å². The van der Waals surface area contributed by atoms with Gasteiger partial charge in [-0.2, -0.15) is 13.2 Å². The number of halogens is 4. The van der Waals surface area contributed by atoms with Crippen LogP contribution in [0.1, 0.15) is 21.7 Å². The van der Waals surface area contributed by atoms with E-state index in [0.717, 1.165) is 28.2 Å². The third-order valence-corrected chi connectivity index (χ3v) is 8.68. The minimum atomic E-state index is -4.66. The van der Waals surface area contributed by atoms with E-state index >= 15 is 0 Å². The highest BCUT2D eigenvalue weighted by Gasteiger charge is 2.33. The van der Waals surface area contributed by atoms with Crippen molar-refractivity contribution in [2.75, 3.05) is 25.2 Å². The molecule has 3 aromatic carbocycles. The van der Waals surface area contributed by atoms with E-state index < -0.39 is 45.1 Å². The number of amides is 2. The zero-order valence-electron chi connectivity index (χ0n) is 22.6. The van der Waals surface area contributed by atoms with Gasteiger partial charge in [-0.3, -0.25) is 14.2 Å². The van der Waals surface area contributed by atoms with E-state index in [1.807, 2.05) is 0 Å². The first-order valence-corrected chi connectivity index (χ1v) is 14.8. The number of thioether (sulfide) groups is 1. The maximum atomic E-state index is 13.6. The summed E-state index contributed by atoms with van der Waals surface area (Å²) in [6, 6.07) is 15.1. The van der Waals surface area contributed by atoms with Crippen LogP contribution in [0.4, 0.5) is 23.2 Å². The number of carbonyl (C=O) groups excluding carboxylic acids is 2. The molecule has 0 aliphatic heterocycles. The second-order valence-corrected chi connectivity index (χ2v) is 12.2. The number of nitrogens with one attached hydrogen (secondary N) is 2. The summed E-state index contributed by atoms with van der Waals surface area (Å²) in [5.74, 6) is -1.91. The summed E-state index contributed by atoms with van der Waals surface area (Å²) in [6.45, 7) is -0.160. The Morgan fingerprint density at radius 1 is 0.953 bits per heavy atom. The smallest absolute Gasteiger partial charge is 0.345 e. The standard InChI is InChI=1S/C27H24F4N6O4S2/c1-36(2)43(40,41)20-13-7-17(8-14-20)25(39)32-15-23-34-35-26(37(23)19-11-9-18(28)10-12-19)42-16-24(38)33-22-6-4-3-5-21(22)27(29,30)31/h3-14H,15-16H2,1-2H3,(H,32,39)(H,33,38). The highest BCUT2D eigenvalue weighted by atomic mass is 32.2. The number of aromatic nitrogens is 3. The van der Waals surface area contributed by atoms with E-state index in [2.05, 4.69) is 20.8 Å². The SMILES string of the molecule is CN(C)S(=O)(=O)c1ccc(C(=O)NCc2nnc(SCC(=O)Nc3ccccc3C(F)(F)F)n2-c2ccc(F)cc2)cc1. The Morgan fingerprint density at radius 2 is 1.60 bits per heavy atom. The summed E-state index contributed by atoms with van der Waals surface area (Å²) in [7, 11) is -0.901. The second-order valence-electron chi connectivity index (χ2n) is 9.09. The van der Waals surface area contributed by atoms with Gasteiger partial charge < -0.3 is 10.6 Å². The lowest BCUT2D eigenvalue weighted by Crippen LogP contribution is -2.25. The fourth-order valence-corrected chi connectivity index (χ4v) is 5.44. The van der Waals surface area contributed by atoms with Gasteiger partial charge in [0.05, 0.1) is 28.4 Å². The van der Waals surface area contributed by atoms with Crippen molar-refractivity contribution in [1.29, 1.82) is 0 Å². The van der Waals surface area contributed by atoms with E-state index in [-0.39, 0.29) is 33.7 Å². The molecule has 43 heavy (non-hydrogen) atoms. The predicted molar refractivity (Wildman–Crippen MR) is 151 cm³/mol. The quantitative estimate of drug-likeness (QED) is 0.196. The average molecular weight is 637 g/mol. The highest BCUT2D eigenvalue weighted by Crippen LogP contribution is 2.34. The van der Waals surface area contributed by atoms with Crippen LogP contribution in [0.25, 0.3) is 5.69 Å². The van der Waals surface area contributed by atoms with Crippen LogP contribution in [0, 0.1) is 5.82 Å².